The van der Waals surface area contributed by atoms with Gasteiger partial charge in [-0.3, -0.25) is 9.59 Å². The number of amides is 2. The molecule has 1 saturated carbocycles. The molecule has 1 aliphatic rings. The number of nitrogens with two attached hydrogens (primary N) is 1. The Labute approximate surface area is 269 Å². The molecule has 2 aromatic carbocycles. The van der Waals surface area contributed by atoms with Crippen LogP contribution in [0.15, 0.2) is 42.6 Å². The van der Waals surface area contributed by atoms with Crippen LogP contribution in [0.2, 0.25) is 0 Å². The highest BCUT2D eigenvalue weighted by molar-refractivity contribution is 7.11. The van der Waals surface area contributed by atoms with Crippen molar-refractivity contribution in [3.63, 3.8) is 0 Å². The van der Waals surface area contributed by atoms with Crippen LogP contribution in [0.3, 0.4) is 0 Å². The van der Waals surface area contributed by atoms with E-state index in [1.807, 2.05) is 31.9 Å². The van der Waals surface area contributed by atoms with Crippen molar-refractivity contribution in [2.45, 2.75) is 90.8 Å². The van der Waals surface area contributed by atoms with E-state index in [1.54, 1.807) is 34.4 Å². The highest BCUT2D eigenvalue weighted by Crippen LogP contribution is 2.53. The van der Waals surface area contributed by atoms with Gasteiger partial charge in [0.15, 0.2) is 0 Å². The van der Waals surface area contributed by atoms with Gasteiger partial charge in [-0.05, 0) is 86.4 Å². The third-order valence-electron chi connectivity index (χ3n) is 8.18. The molecule has 1 fully saturated rings. The van der Waals surface area contributed by atoms with Crippen molar-refractivity contribution in [1.29, 1.82) is 0 Å². The first kappa shape index (κ1) is 34.7. The molecule has 10 heteroatoms. The molecule has 3 aromatic rings. The SMILES string of the molecule is CCCN(CCC)C(=O)c1cc(C)cc(C(=O)N(C[C@@H](O)[C@@H](N)Cc2cc(F)cc(F)c2)C2(c3cnc(CC(C)C)s3)CC2)c1. The number of carbonyl (C=O) groups excluding carboxylic acids is 2. The van der Waals surface area contributed by atoms with Gasteiger partial charge in [-0.1, -0.05) is 27.7 Å². The summed E-state index contributed by atoms with van der Waals surface area (Å²) in [6, 6.07) is 7.51. The summed E-state index contributed by atoms with van der Waals surface area (Å²) < 4.78 is 27.7. The van der Waals surface area contributed by atoms with Crippen molar-refractivity contribution in [2.75, 3.05) is 19.6 Å². The zero-order valence-corrected chi connectivity index (χ0v) is 27.8. The Kier molecular flexibility index (Phi) is 11.5. The molecule has 0 aliphatic heterocycles. The molecule has 0 saturated heterocycles. The van der Waals surface area contributed by atoms with Gasteiger partial charge in [0.1, 0.15) is 11.6 Å². The Bertz CT molecular complexity index is 1460. The Hall–Kier alpha value is -3.21. The molecule has 1 heterocycles. The number of carbonyl (C=O) groups is 2. The third-order valence-corrected chi connectivity index (χ3v) is 9.40. The number of nitrogens with zero attached hydrogens (tertiary/aromatic N) is 3. The fourth-order valence-electron chi connectivity index (χ4n) is 5.87. The van der Waals surface area contributed by atoms with Gasteiger partial charge in [0.25, 0.3) is 11.8 Å². The minimum Gasteiger partial charge on any atom is -0.390 e. The number of aromatic nitrogens is 1. The molecular weight excluding hydrogens is 594 g/mol. The van der Waals surface area contributed by atoms with E-state index in [1.165, 1.54) is 12.1 Å². The standard InChI is InChI=1S/C35H46F2N4O3S/c1-6-10-40(11-7-2)33(43)25-13-23(5)14-26(18-25)34(44)41(35(8-9-35)31-20-39-32(45-31)12-22(3)4)21-30(42)29(38)17-24-15-27(36)19-28(37)16-24/h13-16,18-20,22,29-30,42H,6-12,17,21,38H2,1-5H3/t29-,30+/m0/s1. The molecule has 0 bridgehead atoms. The summed E-state index contributed by atoms with van der Waals surface area (Å²) in [5.74, 6) is -1.44. The maximum Gasteiger partial charge on any atom is 0.254 e. The zero-order valence-electron chi connectivity index (χ0n) is 27.0. The van der Waals surface area contributed by atoms with Crippen LogP contribution in [-0.4, -0.2) is 63.5 Å². The molecule has 7 nitrogen and oxygen atoms in total. The molecule has 1 aliphatic carbocycles. The first-order chi connectivity index (χ1) is 21.4. The van der Waals surface area contributed by atoms with Gasteiger partial charge in [0, 0.05) is 55.5 Å². The lowest BCUT2D eigenvalue weighted by Crippen LogP contribution is -2.50. The van der Waals surface area contributed by atoms with E-state index in [2.05, 4.69) is 18.8 Å². The van der Waals surface area contributed by atoms with Crippen LogP contribution in [0.25, 0.3) is 0 Å². The Morgan fingerprint density at radius 2 is 1.58 bits per heavy atom. The van der Waals surface area contributed by atoms with Gasteiger partial charge < -0.3 is 20.6 Å². The fourth-order valence-corrected chi connectivity index (χ4v) is 7.26. The quantitative estimate of drug-likeness (QED) is 0.205. The lowest BCUT2D eigenvalue weighted by atomic mass is 9.99. The molecule has 2 atom stereocenters. The largest absolute Gasteiger partial charge is 0.390 e. The van der Waals surface area contributed by atoms with Crippen molar-refractivity contribution < 1.29 is 23.5 Å². The summed E-state index contributed by atoms with van der Waals surface area (Å²) in [5.41, 5.74) is 7.63. The number of rotatable bonds is 15. The normalized spacial score (nSPS) is 15.2. The van der Waals surface area contributed by atoms with Gasteiger partial charge in [0.05, 0.1) is 21.5 Å². The summed E-state index contributed by atoms with van der Waals surface area (Å²) in [4.78, 5) is 37.1. The molecule has 4 rings (SSSR count). The van der Waals surface area contributed by atoms with Crippen LogP contribution >= 0.6 is 11.3 Å². The predicted octanol–water partition coefficient (Wildman–Crippen LogP) is 6.25. The summed E-state index contributed by atoms with van der Waals surface area (Å²) >= 11 is 1.58. The average molecular weight is 641 g/mol. The Morgan fingerprint density at radius 3 is 2.13 bits per heavy atom. The summed E-state index contributed by atoms with van der Waals surface area (Å²) in [6.07, 6.45) is 4.53. The highest BCUT2D eigenvalue weighted by Gasteiger charge is 2.53. The predicted molar refractivity (Wildman–Crippen MR) is 174 cm³/mol. The van der Waals surface area contributed by atoms with Crippen molar-refractivity contribution in [3.05, 3.63) is 86.4 Å². The number of aliphatic hydroxyl groups excluding tert-OH is 1. The lowest BCUT2D eigenvalue weighted by Gasteiger charge is -2.35. The molecule has 0 spiro atoms. The first-order valence-electron chi connectivity index (χ1n) is 15.9. The van der Waals surface area contributed by atoms with Gasteiger partial charge in [-0.15, -0.1) is 11.3 Å². The second-order valence-corrected chi connectivity index (χ2v) is 13.9. The van der Waals surface area contributed by atoms with E-state index in [0.29, 0.717) is 48.5 Å². The van der Waals surface area contributed by atoms with Crippen LogP contribution < -0.4 is 5.73 Å². The number of thiazole rings is 1. The van der Waals surface area contributed by atoms with Crippen molar-refractivity contribution in [2.24, 2.45) is 11.7 Å². The smallest absolute Gasteiger partial charge is 0.254 e. The van der Waals surface area contributed by atoms with Crippen LogP contribution in [0.1, 0.15) is 95.1 Å². The minimum atomic E-state index is -1.18. The van der Waals surface area contributed by atoms with E-state index in [4.69, 9.17) is 5.73 Å². The van der Waals surface area contributed by atoms with Crippen LogP contribution in [0.4, 0.5) is 8.78 Å². The van der Waals surface area contributed by atoms with Gasteiger partial charge in [0.2, 0.25) is 0 Å². The lowest BCUT2D eigenvalue weighted by molar-refractivity contribution is 0.0414. The zero-order chi connectivity index (χ0) is 32.9. The summed E-state index contributed by atoms with van der Waals surface area (Å²) in [6.45, 7) is 11.3. The van der Waals surface area contributed by atoms with Gasteiger partial charge in [-0.2, -0.15) is 0 Å². The Balaban J connectivity index is 1.68. The number of hydrogen-bond donors (Lipinski definition) is 2. The number of benzene rings is 2. The van der Waals surface area contributed by atoms with E-state index in [9.17, 15) is 23.5 Å². The van der Waals surface area contributed by atoms with Crippen LogP contribution in [0.5, 0.6) is 0 Å². The topological polar surface area (TPSA) is 99.8 Å². The second kappa shape index (κ2) is 14.9. The minimum absolute atomic E-state index is 0.0256. The van der Waals surface area contributed by atoms with Crippen molar-refractivity contribution >= 4 is 23.2 Å². The van der Waals surface area contributed by atoms with Gasteiger partial charge >= 0.3 is 0 Å². The van der Waals surface area contributed by atoms with Gasteiger partial charge in [-0.25, -0.2) is 13.8 Å². The average Bonchev–Trinajstić information content (AvgIpc) is 3.64. The van der Waals surface area contributed by atoms with Crippen molar-refractivity contribution in [3.8, 4) is 0 Å². The van der Waals surface area contributed by atoms with Crippen molar-refractivity contribution in [1.82, 2.24) is 14.8 Å². The summed E-state index contributed by atoms with van der Waals surface area (Å²) in [7, 11) is 0. The number of aryl methyl sites for hydroxylation is 1. The third kappa shape index (κ3) is 8.54. The van der Waals surface area contributed by atoms with Crippen LogP contribution in [-0.2, 0) is 18.4 Å². The molecule has 0 radical (unpaired) electrons. The monoisotopic (exact) mass is 640 g/mol. The second-order valence-electron chi connectivity index (χ2n) is 12.8. The van der Waals surface area contributed by atoms with E-state index >= 15 is 0 Å². The fraction of sp³-hybridized carbons (Fsp3) is 0.514. The first-order valence-corrected chi connectivity index (χ1v) is 16.7. The maximum absolute atomic E-state index is 14.5. The highest BCUT2D eigenvalue weighted by atomic mass is 32.1. The molecule has 244 valence electrons. The number of halogens is 2. The molecule has 2 amide bonds. The maximum atomic E-state index is 14.5. The Morgan fingerprint density at radius 1 is 0.978 bits per heavy atom. The summed E-state index contributed by atoms with van der Waals surface area (Å²) in [5, 5.41) is 12.3. The van der Waals surface area contributed by atoms with E-state index in [-0.39, 0.29) is 24.8 Å². The molecule has 3 N–H and O–H groups in total. The van der Waals surface area contributed by atoms with E-state index < -0.39 is 29.3 Å². The van der Waals surface area contributed by atoms with E-state index in [0.717, 1.165) is 40.8 Å². The molecular formula is C35H46F2N4O3S. The van der Waals surface area contributed by atoms with Crippen LogP contribution in [0, 0.1) is 24.5 Å². The number of hydrogen-bond acceptors (Lipinski definition) is 6. The molecule has 0 unspecified atom stereocenters. The molecule has 1 aromatic heterocycles. The number of aliphatic hydroxyl groups is 1. The molecule has 45 heavy (non-hydrogen) atoms.